The monoisotopic (exact) mass is 556 g/mol. The van der Waals surface area contributed by atoms with Crippen LogP contribution in [-0.4, -0.2) is 44.1 Å². The Morgan fingerprint density at radius 3 is 2.55 bits per heavy atom. The molecule has 2 aromatic heterocycles. The zero-order chi connectivity index (χ0) is 22.0. The first-order chi connectivity index (χ1) is 15.8. The van der Waals surface area contributed by atoms with Crippen LogP contribution in [-0.2, 0) is 19.6 Å². The Kier molecular flexibility index (Phi) is 9.43. The molecule has 0 fully saturated rings. The van der Waals surface area contributed by atoms with Gasteiger partial charge in [-0.1, -0.05) is 48.5 Å². The van der Waals surface area contributed by atoms with Crippen LogP contribution in [0.3, 0.4) is 0 Å². The summed E-state index contributed by atoms with van der Waals surface area (Å²) >= 11 is 0. The molecule has 172 valence electrons. The van der Waals surface area contributed by atoms with Crippen molar-refractivity contribution in [1.29, 1.82) is 0 Å². The first kappa shape index (κ1) is 24.4. The number of rotatable bonds is 9. The van der Waals surface area contributed by atoms with Gasteiger partial charge in [0, 0.05) is 39.1 Å². The van der Waals surface area contributed by atoms with E-state index in [1.54, 1.807) is 25.9 Å². The minimum absolute atomic E-state index is 0. The molecule has 9 heteroatoms. The van der Waals surface area contributed by atoms with Crippen molar-refractivity contribution in [3.05, 3.63) is 90.8 Å². The molecule has 0 atom stereocenters. The molecule has 0 aliphatic rings. The van der Waals surface area contributed by atoms with Gasteiger partial charge in [-0.3, -0.25) is 9.67 Å². The topological polar surface area (TPSA) is 85.0 Å². The zero-order valence-electron chi connectivity index (χ0n) is 18.6. The number of aryl methyl sites for hydroxylation is 1. The summed E-state index contributed by atoms with van der Waals surface area (Å²) in [5, 5.41) is 15.2. The third-order valence-corrected chi connectivity index (χ3v) is 5.18. The predicted molar refractivity (Wildman–Crippen MR) is 141 cm³/mol. The number of aliphatic imine (C=N–C) groups is 1. The highest BCUT2D eigenvalue weighted by atomic mass is 127. The van der Waals surface area contributed by atoms with Gasteiger partial charge in [-0.15, -0.1) is 24.0 Å². The Morgan fingerprint density at radius 2 is 1.82 bits per heavy atom. The average molecular weight is 556 g/mol. The molecule has 0 aliphatic carbocycles. The van der Waals surface area contributed by atoms with Gasteiger partial charge >= 0.3 is 0 Å². The van der Waals surface area contributed by atoms with Crippen molar-refractivity contribution in [2.75, 3.05) is 13.6 Å². The minimum atomic E-state index is 0. The van der Waals surface area contributed by atoms with E-state index in [-0.39, 0.29) is 24.0 Å². The molecule has 2 aromatic carbocycles. The van der Waals surface area contributed by atoms with Crippen LogP contribution in [0.1, 0.15) is 17.5 Å². The quantitative estimate of drug-likeness (QED) is 0.143. The summed E-state index contributed by atoms with van der Waals surface area (Å²) in [7, 11) is 1.79. The average Bonchev–Trinajstić information content (AvgIpc) is 3.54. The maximum Gasteiger partial charge on any atom is 0.191 e. The number of aromatic nitrogens is 5. The van der Waals surface area contributed by atoms with Gasteiger partial charge in [0.2, 0.25) is 0 Å². The van der Waals surface area contributed by atoms with E-state index < -0.39 is 0 Å². The van der Waals surface area contributed by atoms with Crippen LogP contribution in [0.5, 0.6) is 0 Å². The van der Waals surface area contributed by atoms with Gasteiger partial charge in [0.15, 0.2) is 5.96 Å². The van der Waals surface area contributed by atoms with Gasteiger partial charge in [0.25, 0.3) is 0 Å². The second-order valence-corrected chi connectivity index (χ2v) is 7.42. The van der Waals surface area contributed by atoms with Crippen molar-refractivity contribution in [2.45, 2.75) is 26.1 Å². The maximum absolute atomic E-state index is 4.35. The number of nitrogens with zero attached hydrogens (tertiary/aromatic N) is 6. The number of benzene rings is 2. The van der Waals surface area contributed by atoms with E-state index in [1.807, 2.05) is 21.6 Å². The minimum Gasteiger partial charge on any atom is -0.356 e. The molecule has 0 spiro atoms. The van der Waals surface area contributed by atoms with Crippen LogP contribution in [0.15, 0.2) is 84.6 Å². The van der Waals surface area contributed by atoms with Crippen LogP contribution < -0.4 is 10.6 Å². The van der Waals surface area contributed by atoms with Crippen molar-refractivity contribution >= 4 is 29.9 Å². The third-order valence-electron chi connectivity index (χ3n) is 5.18. The Labute approximate surface area is 211 Å². The smallest absolute Gasteiger partial charge is 0.191 e. The Balaban J connectivity index is 0.00000306. The zero-order valence-corrected chi connectivity index (χ0v) is 21.0. The van der Waals surface area contributed by atoms with E-state index in [2.05, 4.69) is 79.3 Å². The molecular formula is C24H29IN8. The molecule has 33 heavy (non-hydrogen) atoms. The Morgan fingerprint density at radius 1 is 0.970 bits per heavy atom. The molecule has 0 bridgehead atoms. The van der Waals surface area contributed by atoms with Crippen LogP contribution in [0.4, 0.5) is 0 Å². The summed E-state index contributed by atoms with van der Waals surface area (Å²) in [6.45, 7) is 3.11. The van der Waals surface area contributed by atoms with E-state index >= 15 is 0 Å². The second kappa shape index (κ2) is 12.7. The molecule has 4 aromatic rings. The van der Waals surface area contributed by atoms with Crippen molar-refractivity contribution < 1.29 is 0 Å². The second-order valence-electron chi connectivity index (χ2n) is 7.42. The van der Waals surface area contributed by atoms with E-state index in [9.17, 15) is 0 Å². The van der Waals surface area contributed by atoms with Gasteiger partial charge in [-0.05, 0) is 34.7 Å². The maximum atomic E-state index is 4.35. The molecule has 8 nitrogen and oxygen atoms in total. The van der Waals surface area contributed by atoms with E-state index in [0.717, 1.165) is 25.5 Å². The van der Waals surface area contributed by atoms with Crippen molar-refractivity contribution in [1.82, 2.24) is 35.2 Å². The molecule has 4 rings (SSSR count). The van der Waals surface area contributed by atoms with Gasteiger partial charge in [-0.2, -0.15) is 10.2 Å². The first-order valence-electron chi connectivity index (χ1n) is 10.7. The fourth-order valence-electron chi connectivity index (χ4n) is 3.53. The Hall–Kier alpha value is -3.21. The van der Waals surface area contributed by atoms with Crippen LogP contribution >= 0.6 is 24.0 Å². The lowest BCUT2D eigenvalue weighted by atomic mass is 9.98. The lowest BCUT2D eigenvalue weighted by Gasteiger charge is -2.15. The molecular weight excluding hydrogens is 527 g/mol. The third kappa shape index (κ3) is 7.14. The molecule has 0 unspecified atom stereocenters. The standard InChI is InChI=1S/C24H28N8.HI/c1-25-24(27-12-4-14-31-15-5-13-29-31)28-16-22-6-2-3-7-23(22)21-10-8-20(9-11-21)17-32-19-26-18-30-32;/h2-3,5-11,13,15,18-19H,4,12,14,16-17H2,1H3,(H2,25,27,28);1H. The summed E-state index contributed by atoms with van der Waals surface area (Å²) in [6, 6.07) is 19.0. The van der Waals surface area contributed by atoms with Gasteiger partial charge in [0.05, 0.1) is 6.54 Å². The number of hydrogen-bond acceptors (Lipinski definition) is 4. The number of hydrogen-bond donors (Lipinski definition) is 2. The molecule has 0 saturated heterocycles. The van der Waals surface area contributed by atoms with E-state index in [4.69, 9.17) is 0 Å². The highest BCUT2D eigenvalue weighted by molar-refractivity contribution is 14.0. The van der Waals surface area contributed by atoms with Crippen molar-refractivity contribution in [3.63, 3.8) is 0 Å². The van der Waals surface area contributed by atoms with Crippen molar-refractivity contribution in [3.8, 4) is 11.1 Å². The van der Waals surface area contributed by atoms with Crippen LogP contribution in [0, 0.1) is 0 Å². The number of halogens is 1. The summed E-state index contributed by atoms with van der Waals surface area (Å²) in [5.41, 5.74) is 4.80. The summed E-state index contributed by atoms with van der Waals surface area (Å²) < 4.78 is 3.76. The summed E-state index contributed by atoms with van der Waals surface area (Å²) in [4.78, 5) is 8.34. The highest BCUT2D eigenvalue weighted by Gasteiger charge is 2.06. The Bertz CT molecular complexity index is 1110. The van der Waals surface area contributed by atoms with E-state index in [1.165, 1.54) is 22.3 Å². The van der Waals surface area contributed by atoms with Gasteiger partial charge < -0.3 is 10.6 Å². The number of nitrogens with one attached hydrogen (secondary N) is 2. The predicted octanol–water partition coefficient (Wildman–Crippen LogP) is 3.56. The number of guanidine groups is 1. The van der Waals surface area contributed by atoms with Crippen molar-refractivity contribution in [2.24, 2.45) is 4.99 Å². The lowest BCUT2D eigenvalue weighted by Crippen LogP contribution is -2.37. The van der Waals surface area contributed by atoms with E-state index in [0.29, 0.717) is 13.1 Å². The lowest BCUT2D eigenvalue weighted by molar-refractivity contribution is 0.570. The summed E-state index contributed by atoms with van der Waals surface area (Å²) in [6.07, 6.45) is 8.04. The molecule has 0 radical (unpaired) electrons. The fraction of sp³-hybridized carbons (Fsp3) is 0.250. The molecule has 0 amide bonds. The molecule has 2 N–H and O–H groups in total. The van der Waals surface area contributed by atoms with Gasteiger partial charge in [0.1, 0.15) is 12.7 Å². The molecule has 0 aliphatic heterocycles. The van der Waals surface area contributed by atoms with Crippen LogP contribution in [0.2, 0.25) is 0 Å². The summed E-state index contributed by atoms with van der Waals surface area (Å²) in [5.74, 6) is 0.795. The largest absolute Gasteiger partial charge is 0.356 e. The van der Waals surface area contributed by atoms with Crippen LogP contribution in [0.25, 0.3) is 11.1 Å². The SMILES string of the molecule is CN=C(NCCCn1cccn1)NCc1ccccc1-c1ccc(Cn2cncn2)cc1.I. The first-order valence-corrected chi connectivity index (χ1v) is 10.7. The fourth-order valence-corrected chi connectivity index (χ4v) is 3.53. The van der Waals surface area contributed by atoms with Gasteiger partial charge in [-0.25, -0.2) is 9.67 Å². The molecule has 0 saturated carbocycles. The normalized spacial score (nSPS) is 11.1. The highest BCUT2D eigenvalue weighted by Crippen LogP contribution is 2.24. The molecule has 2 heterocycles.